The molecule has 0 aliphatic carbocycles. The first kappa shape index (κ1) is 15.8. The maximum atomic E-state index is 5.34. The second kappa shape index (κ2) is 6.66. The van der Waals surface area contributed by atoms with Crippen LogP contribution in [-0.2, 0) is 0 Å². The minimum Gasteiger partial charge on any atom is -0.493 e. The summed E-state index contributed by atoms with van der Waals surface area (Å²) in [5.41, 5.74) is 2.55. The van der Waals surface area contributed by atoms with Gasteiger partial charge in [0.25, 0.3) is 0 Å². The van der Waals surface area contributed by atoms with E-state index in [0.29, 0.717) is 11.5 Å². The molecule has 0 saturated heterocycles. The molecule has 3 aromatic heterocycles. The molecule has 1 aromatic carbocycles. The molecule has 4 aromatic rings. The van der Waals surface area contributed by atoms with Crippen LogP contribution >= 0.6 is 22.7 Å². The Morgan fingerprint density at radius 2 is 1.80 bits per heavy atom. The first-order valence-electron chi connectivity index (χ1n) is 7.43. The lowest BCUT2D eigenvalue weighted by atomic mass is 10.3. The van der Waals surface area contributed by atoms with Crippen molar-refractivity contribution in [2.24, 2.45) is 0 Å². The fraction of sp³-hybridized carbons (Fsp3) is 0.118. The molecule has 1 N–H and O–H groups in total. The minimum absolute atomic E-state index is 0.665. The van der Waals surface area contributed by atoms with E-state index >= 15 is 0 Å². The Morgan fingerprint density at radius 3 is 2.56 bits per heavy atom. The van der Waals surface area contributed by atoms with E-state index in [-0.39, 0.29) is 0 Å². The number of methoxy groups -OCH3 is 2. The van der Waals surface area contributed by atoms with Gasteiger partial charge in [-0.15, -0.1) is 11.3 Å². The number of pyridine rings is 1. The van der Waals surface area contributed by atoms with E-state index in [1.54, 1.807) is 20.4 Å². The summed E-state index contributed by atoms with van der Waals surface area (Å²) < 4.78 is 11.7. The van der Waals surface area contributed by atoms with E-state index in [2.05, 4.69) is 20.3 Å². The summed E-state index contributed by atoms with van der Waals surface area (Å²) in [6.07, 6.45) is 1.76. The zero-order valence-electron chi connectivity index (χ0n) is 13.5. The summed E-state index contributed by atoms with van der Waals surface area (Å²) in [6.45, 7) is 0. The van der Waals surface area contributed by atoms with Gasteiger partial charge in [0.15, 0.2) is 21.8 Å². The average Bonchev–Trinajstić information content (AvgIpc) is 3.27. The lowest BCUT2D eigenvalue weighted by molar-refractivity contribution is 0.356. The maximum Gasteiger partial charge on any atom is 0.190 e. The summed E-state index contributed by atoms with van der Waals surface area (Å²) in [4.78, 5) is 13.5. The molecule has 0 fully saturated rings. The van der Waals surface area contributed by atoms with Crippen LogP contribution < -0.4 is 14.8 Å². The van der Waals surface area contributed by atoms with Crippen LogP contribution in [0.15, 0.2) is 41.9 Å². The first-order valence-corrected chi connectivity index (χ1v) is 9.13. The quantitative estimate of drug-likeness (QED) is 0.555. The van der Waals surface area contributed by atoms with Gasteiger partial charge in [0.05, 0.1) is 30.1 Å². The third-order valence-corrected chi connectivity index (χ3v) is 5.23. The zero-order chi connectivity index (χ0) is 17.2. The van der Waals surface area contributed by atoms with Gasteiger partial charge in [-0.1, -0.05) is 17.4 Å². The zero-order valence-corrected chi connectivity index (χ0v) is 15.1. The lowest BCUT2D eigenvalue weighted by Crippen LogP contribution is -1.90. The van der Waals surface area contributed by atoms with Crippen molar-refractivity contribution in [3.63, 3.8) is 0 Å². The molecule has 4 rings (SSSR count). The fourth-order valence-electron chi connectivity index (χ4n) is 2.36. The number of benzene rings is 1. The minimum atomic E-state index is 0.665. The second-order valence-corrected chi connectivity index (χ2v) is 6.96. The number of anilines is 2. The number of hydrogen-bond donors (Lipinski definition) is 1. The molecule has 0 aliphatic heterocycles. The van der Waals surface area contributed by atoms with Gasteiger partial charge in [-0.05, 0) is 12.1 Å². The molecule has 6 nitrogen and oxygen atoms in total. The highest BCUT2D eigenvalue weighted by molar-refractivity contribution is 7.22. The van der Waals surface area contributed by atoms with Crippen LogP contribution in [0.5, 0.6) is 11.5 Å². The van der Waals surface area contributed by atoms with Crippen molar-refractivity contribution in [1.82, 2.24) is 15.0 Å². The molecule has 0 unspecified atom stereocenters. The number of ether oxygens (including phenoxy) is 2. The number of rotatable bonds is 5. The van der Waals surface area contributed by atoms with Gasteiger partial charge in [0, 0.05) is 23.7 Å². The number of hydrogen-bond acceptors (Lipinski definition) is 8. The van der Waals surface area contributed by atoms with Crippen molar-refractivity contribution in [2.45, 2.75) is 0 Å². The number of nitrogens with zero attached hydrogens (tertiary/aromatic N) is 3. The molecule has 0 radical (unpaired) electrons. The predicted molar refractivity (Wildman–Crippen MR) is 101 cm³/mol. The smallest absolute Gasteiger partial charge is 0.190 e. The molecule has 0 amide bonds. The normalized spacial score (nSPS) is 10.8. The van der Waals surface area contributed by atoms with Crippen LogP contribution in [0.2, 0.25) is 0 Å². The number of thiazole rings is 2. The molecule has 0 atom stereocenters. The Hall–Kier alpha value is -2.71. The fourth-order valence-corrected chi connectivity index (χ4v) is 4.01. The first-order chi connectivity index (χ1) is 12.3. The number of aromatic nitrogens is 3. The third kappa shape index (κ3) is 3.13. The van der Waals surface area contributed by atoms with E-state index in [9.17, 15) is 0 Å². The molecule has 0 aliphatic rings. The topological polar surface area (TPSA) is 69.2 Å². The number of nitrogens with one attached hydrogen (secondary N) is 1. The van der Waals surface area contributed by atoms with Crippen molar-refractivity contribution in [2.75, 3.05) is 19.5 Å². The molecule has 126 valence electrons. The summed E-state index contributed by atoms with van der Waals surface area (Å²) in [5.74, 6) is 1.36. The summed E-state index contributed by atoms with van der Waals surface area (Å²) in [7, 11) is 3.24. The SMILES string of the molecule is COc1cc2nc(Nc3nc(-c4ccccn4)cs3)sc2cc1OC. The van der Waals surface area contributed by atoms with E-state index in [1.165, 1.54) is 22.7 Å². The molecular formula is C17H14N4O2S2. The largest absolute Gasteiger partial charge is 0.493 e. The van der Waals surface area contributed by atoms with Gasteiger partial charge in [0.2, 0.25) is 0 Å². The van der Waals surface area contributed by atoms with Crippen molar-refractivity contribution in [1.29, 1.82) is 0 Å². The molecule has 0 saturated carbocycles. The van der Waals surface area contributed by atoms with Gasteiger partial charge >= 0.3 is 0 Å². The number of fused-ring (bicyclic) bond motifs is 1. The summed E-state index contributed by atoms with van der Waals surface area (Å²) >= 11 is 3.06. The van der Waals surface area contributed by atoms with Crippen LogP contribution in [0.1, 0.15) is 0 Å². The second-order valence-electron chi connectivity index (χ2n) is 5.07. The molecular weight excluding hydrogens is 356 g/mol. The van der Waals surface area contributed by atoms with Crippen LogP contribution in [-0.4, -0.2) is 29.2 Å². The Bertz CT molecular complexity index is 973. The molecule has 0 spiro atoms. The van der Waals surface area contributed by atoms with Gasteiger partial charge < -0.3 is 14.8 Å². The van der Waals surface area contributed by atoms with E-state index in [1.807, 2.05) is 35.7 Å². The van der Waals surface area contributed by atoms with Crippen molar-refractivity contribution in [3.05, 3.63) is 41.9 Å². The monoisotopic (exact) mass is 370 g/mol. The summed E-state index contributed by atoms with van der Waals surface area (Å²) in [6, 6.07) is 9.58. The van der Waals surface area contributed by atoms with Gasteiger partial charge in [0.1, 0.15) is 5.69 Å². The Balaban J connectivity index is 1.62. The highest BCUT2D eigenvalue weighted by Gasteiger charge is 2.12. The maximum absolute atomic E-state index is 5.34. The van der Waals surface area contributed by atoms with Crippen molar-refractivity contribution >= 4 is 43.2 Å². The lowest BCUT2D eigenvalue weighted by Gasteiger charge is -2.05. The highest BCUT2D eigenvalue weighted by Crippen LogP contribution is 2.37. The predicted octanol–water partition coefficient (Wildman–Crippen LogP) is 4.58. The average molecular weight is 370 g/mol. The van der Waals surface area contributed by atoms with Crippen LogP contribution in [0.3, 0.4) is 0 Å². The highest BCUT2D eigenvalue weighted by atomic mass is 32.1. The van der Waals surface area contributed by atoms with E-state index in [4.69, 9.17) is 9.47 Å². The van der Waals surface area contributed by atoms with Gasteiger partial charge in [-0.25, -0.2) is 9.97 Å². The van der Waals surface area contributed by atoms with Crippen LogP contribution in [0.4, 0.5) is 10.3 Å². The Labute approximate surface area is 152 Å². The molecule has 0 bridgehead atoms. The van der Waals surface area contributed by atoms with Gasteiger partial charge in [-0.2, -0.15) is 0 Å². The van der Waals surface area contributed by atoms with Crippen molar-refractivity contribution in [3.8, 4) is 22.9 Å². The van der Waals surface area contributed by atoms with E-state index in [0.717, 1.165) is 31.9 Å². The Morgan fingerprint density at radius 1 is 0.960 bits per heavy atom. The van der Waals surface area contributed by atoms with E-state index < -0.39 is 0 Å². The Kier molecular flexibility index (Phi) is 4.21. The third-order valence-electron chi connectivity index (χ3n) is 3.54. The van der Waals surface area contributed by atoms with Crippen LogP contribution in [0, 0.1) is 0 Å². The van der Waals surface area contributed by atoms with Crippen LogP contribution in [0.25, 0.3) is 21.6 Å². The van der Waals surface area contributed by atoms with Gasteiger partial charge in [-0.3, -0.25) is 4.98 Å². The summed E-state index contributed by atoms with van der Waals surface area (Å²) in [5, 5.41) is 6.79. The molecule has 3 heterocycles. The standard InChI is InChI=1S/C17H14N4O2S2/c1-22-13-7-11-15(8-14(13)23-2)25-17(19-11)21-16-20-12(9-24-16)10-5-3-4-6-18-10/h3-9H,1-2H3,(H,19,20,21). The molecule has 25 heavy (non-hydrogen) atoms. The molecule has 8 heteroatoms. The van der Waals surface area contributed by atoms with Crippen molar-refractivity contribution < 1.29 is 9.47 Å².